The summed E-state index contributed by atoms with van der Waals surface area (Å²) < 4.78 is 29.7. The van der Waals surface area contributed by atoms with E-state index >= 15 is 0 Å². The van der Waals surface area contributed by atoms with Crippen LogP contribution in [-0.4, -0.2) is 58.2 Å². The molecule has 0 bridgehead atoms. The number of amides is 1. The molecule has 1 aromatic carbocycles. The highest BCUT2D eigenvalue weighted by Crippen LogP contribution is 2.19. The van der Waals surface area contributed by atoms with Gasteiger partial charge in [-0.05, 0) is 37.1 Å². The minimum Gasteiger partial charge on any atom is -0.465 e. The van der Waals surface area contributed by atoms with E-state index in [4.69, 9.17) is 0 Å². The molecule has 0 radical (unpaired) electrons. The zero-order chi connectivity index (χ0) is 17.0. The second kappa shape index (κ2) is 6.99. The number of hydrogen-bond donors (Lipinski definition) is 0. The second-order valence-electron chi connectivity index (χ2n) is 5.40. The Kier molecular flexibility index (Phi) is 5.25. The summed E-state index contributed by atoms with van der Waals surface area (Å²) in [5.74, 6) is -0.722. The number of carbonyl (C=O) groups is 2. The number of nitrogens with zero attached hydrogens (tertiary/aromatic N) is 2. The van der Waals surface area contributed by atoms with E-state index in [9.17, 15) is 18.0 Å². The molecule has 1 aliphatic rings. The summed E-state index contributed by atoms with van der Waals surface area (Å²) in [7, 11) is -2.34. The van der Waals surface area contributed by atoms with E-state index in [0.29, 0.717) is 24.3 Å². The zero-order valence-electron chi connectivity index (χ0n) is 13.2. The summed E-state index contributed by atoms with van der Waals surface area (Å²) in [6.07, 6.45) is 2.94. The Balaban J connectivity index is 2.21. The minimum absolute atomic E-state index is 0.218. The Bertz CT molecular complexity index is 678. The van der Waals surface area contributed by atoms with Crippen LogP contribution in [0.1, 0.15) is 23.2 Å². The van der Waals surface area contributed by atoms with E-state index < -0.39 is 16.0 Å². The van der Waals surface area contributed by atoms with Crippen LogP contribution in [0.3, 0.4) is 0 Å². The highest BCUT2D eigenvalue weighted by molar-refractivity contribution is 7.92. The van der Waals surface area contributed by atoms with E-state index in [2.05, 4.69) is 4.74 Å². The number of sulfonamides is 1. The molecule has 0 spiro atoms. The van der Waals surface area contributed by atoms with E-state index in [0.717, 1.165) is 23.4 Å². The normalized spacial score (nSPS) is 14.6. The number of rotatable bonds is 5. The number of benzene rings is 1. The molecule has 0 unspecified atom stereocenters. The number of anilines is 1. The number of carbonyl (C=O) groups excluding carboxylic acids is 2. The first kappa shape index (κ1) is 17.3. The maximum atomic E-state index is 12.2. The topological polar surface area (TPSA) is 84.0 Å². The molecule has 1 heterocycles. The van der Waals surface area contributed by atoms with Crippen LogP contribution in [-0.2, 0) is 19.6 Å². The fraction of sp³-hybridized carbons (Fsp3) is 0.467. The summed E-state index contributed by atoms with van der Waals surface area (Å²) in [5.41, 5.74) is 0.656. The zero-order valence-corrected chi connectivity index (χ0v) is 14.0. The van der Waals surface area contributed by atoms with Gasteiger partial charge in [-0.25, -0.2) is 13.2 Å². The van der Waals surface area contributed by atoms with Gasteiger partial charge in [-0.3, -0.25) is 9.10 Å². The van der Waals surface area contributed by atoms with Crippen molar-refractivity contribution in [1.82, 2.24) is 4.90 Å². The lowest BCUT2D eigenvalue weighted by atomic mass is 10.2. The molecule has 1 saturated heterocycles. The predicted molar refractivity (Wildman–Crippen MR) is 85.8 cm³/mol. The van der Waals surface area contributed by atoms with Gasteiger partial charge in [0.1, 0.15) is 6.54 Å². The molecule has 0 aromatic heterocycles. The van der Waals surface area contributed by atoms with Crippen molar-refractivity contribution in [2.45, 2.75) is 12.8 Å². The number of hydrogen-bond acceptors (Lipinski definition) is 5. The van der Waals surface area contributed by atoms with Crippen molar-refractivity contribution in [2.24, 2.45) is 0 Å². The number of esters is 1. The van der Waals surface area contributed by atoms with Crippen LogP contribution in [0.25, 0.3) is 0 Å². The number of likely N-dealkylation sites (tertiary alicyclic amines) is 1. The smallest absolute Gasteiger partial charge is 0.337 e. The van der Waals surface area contributed by atoms with Gasteiger partial charge in [-0.2, -0.15) is 0 Å². The highest BCUT2D eigenvalue weighted by Gasteiger charge is 2.25. The van der Waals surface area contributed by atoms with E-state index in [1.807, 2.05) is 0 Å². The summed E-state index contributed by atoms with van der Waals surface area (Å²) in [5, 5.41) is 0. The lowest BCUT2D eigenvalue weighted by Gasteiger charge is -2.25. The molecule has 126 valence electrons. The largest absolute Gasteiger partial charge is 0.465 e. The molecule has 0 saturated carbocycles. The van der Waals surface area contributed by atoms with Crippen molar-refractivity contribution >= 4 is 27.6 Å². The molecule has 0 aliphatic carbocycles. The van der Waals surface area contributed by atoms with Crippen molar-refractivity contribution < 1.29 is 22.7 Å². The van der Waals surface area contributed by atoms with Gasteiger partial charge in [0.05, 0.1) is 24.6 Å². The van der Waals surface area contributed by atoms with Crippen LogP contribution < -0.4 is 4.31 Å². The fourth-order valence-electron chi connectivity index (χ4n) is 2.47. The van der Waals surface area contributed by atoms with Gasteiger partial charge in [-0.1, -0.05) is 0 Å². The monoisotopic (exact) mass is 340 g/mol. The Morgan fingerprint density at radius 2 is 1.74 bits per heavy atom. The Morgan fingerprint density at radius 3 is 2.22 bits per heavy atom. The molecule has 1 aliphatic heterocycles. The third kappa shape index (κ3) is 4.22. The maximum Gasteiger partial charge on any atom is 0.337 e. The quantitative estimate of drug-likeness (QED) is 0.743. The summed E-state index contributed by atoms with van der Waals surface area (Å²) >= 11 is 0. The molecule has 1 fully saturated rings. The van der Waals surface area contributed by atoms with Crippen molar-refractivity contribution in [3.05, 3.63) is 29.8 Å². The lowest BCUT2D eigenvalue weighted by Crippen LogP contribution is -2.41. The number of ether oxygens (including phenoxy) is 1. The third-order valence-electron chi connectivity index (χ3n) is 3.71. The highest BCUT2D eigenvalue weighted by atomic mass is 32.2. The van der Waals surface area contributed by atoms with Gasteiger partial charge in [0.15, 0.2) is 0 Å². The first-order valence-corrected chi connectivity index (χ1v) is 9.11. The fourth-order valence-corrected chi connectivity index (χ4v) is 3.32. The molecule has 8 heteroatoms. The first-order valence-electron chi connectivity index (χ1n) is 7.27. The standard InChI is InChI=1S/C15H20N2O5S/c1-22-15(19)12-5-7-13(8-6-12)17(23(2,20)21)11-14(18)16-9-3-4-10-16/h5-8H,3-4,9-11H2,1-2H3. The molecule has 1 amide bonds. The molecular weight excluding hydrogens is 320 g/mol. The van der Waals surface area contributed by atoms with Crippen LogP contribution in [0.2, 0.25) is 0 Å². The average molecular weight is 340 g/mol. The molecule has 2 rings (SSSR count). The number of methoxy groups -OCH3 is 1. The molecular formula is C15H20N2O5S. The van der Waals surface area contributed by atoms with Crippen molar-refractivity contribution in [3.63, 3.8) is 0 Å². The Morgan fingerprint density at radius 1 is 1.17 bits per heavy atom. The molecule has 0 N–H and O–H groups in total. The van der Waals surface area contributed by atoms with Gasteiger partial charge >= 0.3 is 5.97 Å². The molecule has 1 aromatic rings. The molecule has 0 atom stereocenters. The van der Waals surface area contributed by atoms with Gasteiger partial charge in [-0.15, -0.1) is 0 Å². The lowest BCUT2D eigenvalue weighted by molar-refractivity contribution is -0.128. The van der Waals surface area contributed by atoms with Crippen molar-refractivity contribution in [2.75, 3.05) is 37.3 Å². The predicted octanol–water partition coefficient (Wildman–Crippen LogP) is 0.862. The second-order valence-corrected chi connectivity index (χ2v) is 7.30. The summed E-state index contributed by atoms with van der Waals surface area (Å²) in [6.45, 7) is 1.09. The van der Waals surface area contributed by atoms with Gasteiger partial charge in [0.25, 0.3) is 0 Å². The van der Waals surface area contributed by atoms with Crippen LogP contribution in [0.5, 0.6) is 0 Å². The molecule has 7 nitrogen and oxygen atoms in total. The minimum atomic E-state index is -3.61. The van der Waals surface area contributed by atoms with Gasteiger partial charge < -0.3 is 9.64 Å². The van der Waals surface area contributed by atoms with Gasteiger partial charge in [0, 0.05) is 13.1 Å². The van der Waals surface area contributed by atoms with Crippen LogP contribution in [0, 0.1) is 0 Å². The molecule has 23 heavy (non-hydrogen) atoms. The average Bonchev–Trinajstić information content (AvgIpc) is 3.05. The Labute approximate surface area is 135 Å². The summed E-state index contributed by atoms with van der Waals surface area (Å²) in [4.78, 5) is 25.3. The van der Waals surface area contributed by atoms with E-state index in [-0.39, 0.29) is 12.5 Å². The third-order valence-corrected chi connectivity index (χ3v) is 4.85. The van der Waals surface area contributed by atoms with Crippen molar-refractivity contribution in [3.8, 4) is 0 Å². The first-order chi connectivity index (χ1) is 10.8. The Hall–Kier alpha value is -2.09. The summed E-state index contributed by atoms with van der Waals surface area (Å²) in [6, 6.07) is 5.93. The van der Waals surface area contributed by atoms with E-state index in [1.165, 1.54) is 31.4 Å². The van der Waals surface area contributed by atoms with E-state index in [1.54, 1.807) is 4.90 Å². The van der Waals surface area contributed by atoms with Crippen LogP contribution >= 0.6 is 0 Å². The van der Waals surface area contributed by atoms with Crippen molar-refractivity contribution in [1.29, 1.82) is 0 Å². The van der Waals surface area contributed by atoms with Gasteiger partial charge in [0.2, 0.25) is 15.9 Å². The van der Waals surface area contributed by atoms with Crippen LogP contribution in [0.15, 0.2) is 24.3 Å². The maximum absolute atomic E-state index is 12.2. The SMILES string of the molecule is COC(=O)c1ccc(N(CC(=O)N2CCCC2)S(C)(=O)=O)cc1. The van der Waals surface area contributed by atoms with Crippen LogP contribution in [0.4, 0.5) is 5.69 Å².